The van der Waals surface area contributed by atoms with E-state index in [0.717, 1.165) is 5.13 Å². The van der Waals surface area contributed by atoms with E-state index >= 15 is 0 Å². The van der Waals surface area contributed by atoms with Crippen molar-refractivity contribution >= 4 is 28.1 Å². The standard InChI is InChI=1S/C12H12ClFN2S.BrH/c1-7(2)15-12-16-10(6-17-12)11-8(13)4-3-5-9(11)14;/h3-7H,1-2H3,(H,15,16);1H/p-1. The van der Waals surface area contributed by atoms with E-state index in [0.29, 0.717) is 22.3 Å². The molecule has 0 radical (unpaired) electrons. The van der Waals surface area contributed by atoms with Gasteiger partial charge in [0, 0.05) is 11.4 Å². The molecule has 0 aliphatic carbocycles. The molecule has 0 spiro atoms. The number of thiazole rings is 1. The SMILES string of the molecule is CC(C)Nc1nc(-c2c(F)cccc2Cl)cs1.[Br-]. The molecule has 0 saturated heterocycles. The third-order valence-electron chi connectivity index (χ3n) is 2.14. The van der Waals surface area contributed by atoms with E-state index in [1.807, 2.05) is 13.8 Å². The van der Waals surface area contributed by atoms with Crippen LogP contribution in [0.3, 0.4) is 0 Å². The number of hydrogen-bond donors (Lipinski definition) is 1. The average molecular weight is 351 g/mol. The van der Waals surface area contributed by atoms with Gasteiger partial charge in [-0.05, 0) is 26.0 Å². The van der Waals surface area contributed by atoms with Crippen molar-refractivity contribution in [3.05, 3.63) is 34.4 Å². The van der Waals surface area contributed by atoms with Gasteiger partial charge >= 0.3 is 0 Å². The van der Waals surface area contributed by atoms with E-state index in [2.05, 4.69) is 10.3 Å². The van der Waals surface area contributed by atoms with Crippen molar-refractivity contribution in [1.29, 1.82) is 0 Å². The van der Waals surface area contributed by atoms with Gasteiger partial charge in [-0.25, -0.2) is 9.37 Å². The number of nitrogens with zero attached hydrogens (tertiary/aromatic N) is 1. The third-order valence-corrected chi connectivity index (χ3v) is 3.22. The Labute approximate surface area is 125 Å². The molecule has 2 rings (SSSR count). The van der Waals surface area contributed by atoms with Gasteiger partial charge in [-0.3, -0.25) is 0 Å². The zero-order valence-electron chi connectivity index (χ0n) is 9.88. The highest BCUT2D eigenvalue weighted by molar-refractivity contribution is 7.14. The fraction of sp³-hybridized carbons (Fsp3) is 0.250. The summed E-state index contributed by atoms with van der Waals surface area (Å²) in [7, 11) is 0. The monoisotopic (exact) mass is 349 g/mol. The molecule has 0 aliphatic heterocycles. The summed E-state index contributed by atoms with van der Waals surface area (Å²) in [5.74, 6) is -0.348. The molecule has 18 heavy (non-hydrogen) atoms. The molecule has 0 bridgehead atoms. The zero-order valence-corrected chi connectivity index (χ0v) is 13.0. The summed E-state index contributed by atoms with van der Waals surface area (Å²) in [6.07, 6.45) is 0. The summed E-state index contributed by atoms with van der Waals surface area (Å²) >= 11 is 7.43. The molecule has 1 aromatic heterocycles. The van der Waals surface area contributed by atoms with Crippen LogP contribution in [0.15, 0.2) is 23.6 Å². The van der Waals surface area contributed by atoms with Crippen molar-refractivity contribution in [2.24, 2.45) is 0 Å². The second-order valence-electron chi connectivity index (χ2n) is 3.93. The molecule has 2 nitrogen and oxygen atoms in total. The first-order valence-corrected chi connectivity index (χ1v) is 6.50. The topological polar surface area (TPSA) is 24.9 Å². The molecule has 2 aromatic rings. The minimum atomic E-state index is -0.348. The number of anilines is 1. The number of aromatic nitrogens is 1. The van der Waals surface area contributed by atoms with Crippen molar-refractivity contribution in [3.8, 4) is 11.3 Å². The smallest absolute Gasteiger partial charge is 0.183 e. The van der Waals surface area contributed by atoms with E-state index in [-0.39, 0.29) is 22.8 Å². The Balaban J connectivity index is 0.00000162. The number of rotatable bonds is 3. The lowest BCUT2D eigenvalue weighted by Crippen LogP contribution is -3.00. The van der Waals surface area contributed by atoms with Gasteiger partial charge in [-0.2, -0.15) is 0 Å². The number of nitrogens with one attached hydrogen (secondary N) is 1. The van der Waals surface area contributed by atoms with Crippen LogP contribution in [0.4, 0.5) is 9.52 Å². The van der Waals surface area contributed by atoms with E-state index in [4.69, 9.17) is 11.6 Å². The first-order chi connectivity index (χ1) is 8.08. The Morgan fingerprint density at radius 2 is 2.11 bits per heavy atom. The Morgan fingerprint density at radius 3 is 2.72 bits per heavy atom. The largest absolute Gasteiger partial charge is 1.00 e. The Bertz CT molecular complexity index is 510. The van der Waals surface area contributed by atoms with Gasteiger partial charge in [-0.15, -0.1) is 11.3 Å². The summed E-state index contributed by atoms with van der Waals surface area (Å²) < 4.78 is 13.7. The van der Waals surface area contributed by atoms with Crippen LogP contribution in [-0.2, 0) is 0 Å². The van der Waals surface area contributed by atoms with Gasteiger partial charge < -0.3 is 22.3 Å². The molecular weight excluding hydrogens is 339 g/mol. The molecule has 0 amide bonds. The first-order valence-electron chi connectivity index (χ1n) is 5.24. The van der Waals surface area contributed by atoms with Crippen LogP contribution in [0.2, 0.25) is 5.02 Å². The van der Waals surface area contributed by atoms with Crippen molar-refractivity contribution in [1.82, 2.24) is 4.98 Å². The second-order valence-corrected chi connectivity index (χ2v) is 5.20. The van der Waals surface area contributed by atoms with Crippen LogP contribution in [0, 0.1) is 5.82 Å². The Hall–Kier alpha value is -0.650. The molecule has 0 saturated carbocycles. The number of hydrogen-bond acceptors (Lipinski definition) is 3. The predicted octanol–water partition coefficient (Wildman–Crippen LogP) is 1.43. The minimum absolute atomic E-state index is 0. The highest BCUT2D eigenvalue weighted by Gasteiger charge is 2.13. The third kappa shape index (κ3) is 3.43. The second kappa shape index (κ2) is 6.50. The fourth-order valence-corrected chi connectivity index (χ4v) is 2.55. The zero-order chi connectivity index (χ0) is 12.4. The maximum Gasteiger partial charge on any atom is 0.183 e. The lowest BCUT2D eigenvalue weighted by Gasteiger charge is -2.05. The van der Waals surface area contributed by atoms with E-state index in [9.17, 15) is 4.39 Å². The van der Waals surface area contributed by atoms with Gasteiger partial charge in [0.25, 0.3) is 0 Å². The summed E-state index contributed by atoms with van der Waals surface area (Å²) in [6.45, 7) is 4.05. The predicted molar refractivity (Wildman–Crippen MR) is 71.3 cm³/mol. The van der Waals surface area contributed by atoms with E-state index in [1.54, 1.807) is 17.5 Å². The molecule has 0 unspecified atom stereocenters. The van der Waals surface area contributed by atoms with Gasteiger partial charge in [-0.1, -0.05) is 17.7 Å². The van der Waals surface area contributed by atoms with Gasteiger partial charge in [0.15, 0.2) is 5.13 Å². The number of halogens is 3. The maximum absolute atomic E-state index is 13.7. The van der Waals surface area contributed by atoms with Crippen LogP contribution in [0.5, 0.6) is 0 Å². The van der Waals surface area contributed by atoms with Crippen molar-refractivity contribution < 1.29 is 21.4 Å². The van der Waals surface area contributed by atoms with Crippen LogP contribution < -0.4 is 22.3 Å². The normalized spacial score (nSPS) is 10.3. The molecule has 0 aliphatic rings. The molecule has 6 heteroatoms. The van der Waals surface area contributed by atoms with E-state index in [1.165, 1.54) is 17.4 Å². The maximum atomic E-state index is 13.7. The van der Waals surface area contributed by atoms with Crippen LogP contribution >= 0.6 is 22.9 Å². The highest BCUT2D eigenvalue weighted by Crippen LogP contribution is 2.32. The molecule has 1 heterocycles. The van der Waals surface area contributed by atoms with Gasteiger partial charge in [0.2, 0.25) is 0 Å². The van der Waals surface area contributed by atoms with Crippen LogP contribution in [-0.4, -0.2) is 11.0 Å². The summed E-state index contributed by atoms with van der Waals surface area (Å²) in [4.78, 5) is 4.33. The molecule has 0 atom stereocenters. The first kappa shape index (κ1) is 15.4. The Morgan fingerprint density at radius 1 is 1.39 bits per heavy atom. The van der Waals surface area contributed by atoms with Crippen molar-refractivity contribution in [2.75, 3.05) is 5.32 Å². The lowest BCUT2D eigenvalue weighted by atomic mass is 10.1. The van der Waals surface area contributed by atoms with E-state index < -0.39 is 0 Å². The van der Waals surface area contributed by atoms with Crippen molar-refractivity contribution in [2.45, 2.75) is 19.9 Å². The van der Waals surface area contributed by atoms with Crippen LogP contribution in [0.1, 0.15) is 13.8 Å². The molecule has 98 valence electrons. The minimum Gasteiger partial charge on any atom is -1.00 e. The average Bonchev–Trinajstić information content (AvgIpc) is 2.65. The summed E-state index contributed by atoms with van der Waals surface area (Å²) in [5, 5.41) is 6.13. The molecule has 1 N–H and O–H groups in total. The lowest BCUT2D eigenvalue weighted by molar-refractivity contribution is -0.00000410. The molecule has 1 aromatic carbocycles. The van der Waals surface area contributed by atoms with Crippen molar-refractivity contribution in [3.63, 3.8) is 0 Å². The van der Waals surface area contributed by atoms with Crippen LogP contribution in [0.25, 0.3) is 11.3 Å². The Kier molecular flexibility index (Phi) is 5.56. The van der Waals surface area contributed by atoms with Gasteiger partial charge in [0.1, 0.15) is 5.82 Å². The molecule has 0 fully saturated rings. The van der Waals surface area contributed by atoms with Gasteiger partial charge in [0.05, 0.1) is 16.3 Å². The highest BCUT2D eigenvalue weighted by atomic mass is 79.9. The fourth-order valence-electron chi connectivity index (χ4n) is 1.44. The number of benzene rings is 1. The molecular formula is C12H12BrClFN2S-. The quantitative estimate of drug-likeness (QED) is 0.906. The summed E-state index contributed by atoms with van der Waals surface area (Å²) in [5.41, 5.74) is 0.934. The summed E-state index contributed by atoms with van der Waals surface area (Å²) in [6, 6.07) is 4.93.